The molecule has 0 aliphatic carbocycles. The van der Waals surface area contributed by atoms with Crippen LogP contribution in [0.25, 0.3) is 0 Å². The second-order valence-corrected chi connectivity index (χ2v) is 4.06. The van der Waals surface area contributed by atoms with Crippen molar-refractivity contribution in [2.24, 2.45) is 0 Å². The molecule has 0 amide bonds. The van der Waals surface area contributed by atoms with Crippen LogP contribution >= 0.6 is 0 Å². The molecule has 0 saturated carbocycles. The lowest BCUT2D eigenvalue weighted by molar-refractivity contribution is 0.174. The highest BCUT2D eigenvalue weighted by Crippen LogP contribution is 2.31. The summed E-state index contributed by atoms with van der Waals surface area (Å²) in [7, 11) is 0. The zero-order valence-electron chi connectivity index (χ0n) is 10.6. The Kier molecular flexibility index (Phi) is 5.76. The van der Waals surface area contributed by atoms with E-state index in [0.717, 1.165) is 11.5 Å². The zero-order chi connectivity index (χ0) is 11.8. The van der Waals surface area contributed by atoms with Crippen LogP contribution in [0.4, 0.5) is 0 Å². The highest BCUT2D eigenvalue weighted by atomic mass is 16.7. The monoisotopic (exact) mass is 222 g/mol. The van der Waals surface area contributed by atoms with Gasteiger partial charge in [-0.25, -0.2) is 0 Å². The smallest absolute Gasteiger partial charge is 0.231 e. The van der Waals surface area contributed by atoms with E-state index in [2.05, 4.69) is 13.8 Å². The van der Waals surface area contributed by atoms with E-state index in [1.807, 2.05) is 25.1 Å². The number of unbranched alkanes of at least 4 members (excludes halogenated alkanes) is 3. The Hall–Kier alpha value is -1.18. The lowest BCUT2D eigenvalue weighted by Gasteiger charge is -1.94. The molecule has 2 rings (SSSR count). The molecule has 0 aromatic heterocycles. The minimum atomic E-state index is 0.360. The lowest BCUT2D eigenvalue weighted by atomic mass is 10.2. The van der Waals surface area contributed by atoms with Crippen LogP contribution in [0, 0.1) is 6.92 Å². The van der Waals surface area contributed by atoms with Gasteiger partial charge in [-0.05, 0) is 24.6 Å². The summed E-state index contributed by atoms with van der Waals surface area (Å²) in [5, 5.41) is 0. The van der Waals surface area contributed by atoms with Crippen LogP contribution in [0.3, 0.4) is 0 Å². The Morgan fingerprint density at radius 1 is 1.00 bits per heavy atom. The predicted molar refractivity (Wildman–Crippen MR) is 67.1 cm³/mol. The van der Waals surface area contributed by atoms with Gasteiger partial charge in [0.05, 0.1) is 0 Å². The highest BCUT2D eigenvalue weighted by Gasteiger charge is 2.11. The third-order valence-electron chi connectivity index (χ3n) is 2.49. The first-order valence-electron chi connectivity index (χ1n) is 6.14. The molecule has 1 heterocycles. The summed E-state index contributed by atoms with van der Waals surface area (Å²) in [5.41, 5.74) is 1.20. The third kappa shape index (κ3) is 4.13. The molecule has 2 nitrogen and oxygen atoms in total. The van der Waals surface area contributed by atoms with E-state index in [0.29, 0.717) is 6.79 Å². The minimum Gasteiger partial charge on any atom is -0.454 e. The predicted octanol–water partition coefficient (Wildman–Crippen LogP) is 4.31. The van der Waals surface area contributed by atoms with Crippen molar-refractivity contribution in [3.05, 3.63) is 23.8 Å². The van der Waals surface area contributed by atoms with Crippen molar-refractivity contribution in [3.63, 3.8) is 0 Å². The second kappa shape index (κ2) is 7.15. The van der Waals surface area contributed by atoms with Crippen LogP contribution in [-0.2, 0) is 0 Å². The zero-order valence-corrected chi connectivity index (χ0v) is 10.6. The maximum absolute atomic E-state index is 5.16. The number of hydrogen-bond acceptors (Lipinski definition) is 2. The summed E-state index contributed by atoms with van der Waals surface area (Å²) in [6.07, 6.45) is 5.54. The summed E-state index contributed by atoms with van der Waals surface area (Å²) in [6.45, 7) is 6.85. The van der Waals surface area contributed by atoms with Gasteiger partial charge in [0.25, 0.3) is 0 Å². The summed E-state index contributed by atoms with van der Waals surface area (Å²) < 4.78 is 10.3. The van der Waals surface area contributed by atoms with Crippen LogP contribution in [0.1, 0.15) is 45.1 Å². The molecular formula is C14H22O2. The van der Waals surface area contributed by atoms with Crippen molar-refractivity contribution in [1.29, 1.82) is 0 Å². The van der Waals surface area contributed by atoms with E-state index in [1.165, 1.54) is 31.2 Å². The Labute approximate surface area is 98.6 Å². The van der Waals surface area contributed by atoms with Crippen LogP contribution < -0.4 is 9.47 Å². The standard InChI is InChI=1S/C8H8O2.C6H14/c1-6-2-3-7-8(4-6)10-5-9-7;1-3-5-6-4-2/h2-4H,5H2,1H3;3-6H2,1-2H3. The molecule has 1 aliphatic heterocycles. The van der Waals surface area contributed by atoms with E-state index in [9.17, 15) is 0 Å². The average molecular weight is 222 g/mol. The molecule has 0 N–H and O–H groups in total. The summed E-state index contributed by atoms with van der Waals surface area (Å²) in [4.78, 5) is 0. The fraction of sp³-hybridized carbons (Fsp3) is 0.571. The summed E-state index contributed by atoms with van der Waals surface area (Å²) >= 11 is 0. The average Bonchev–Trinajstić information content (AvgIpc) is 2.74. The molecule has 16 heavy (non-hydrogen) atoms. The largest absolute Gasteiger partial charge is 0.454 e. The summed E-state index contributed by atoms with van der Waals surface area (Å²) in [5.74, 6) is 1.71. The molecule has 90 valence electrons. The normalized spacial score (nSPS) is 11.9. The number of aryl methyl sites for hydroxylation is 1. The fourth-order valence-corrected chi connectivity index (χ4v) is 1.50. The molecule has 0 radical (unpaired) electrons. The molecule has 0 bridgehead atoms. The SMILES string of the molecule is CCCCCC.Cc1ccc2c(c1)OCO2. The molecular weight excluding hydrogens is 200 g/mol. The molecule has 2 heteroatoms. The first-order valence-corrected chi connectivity index (χ1v) is 6.14. The van der Waals surface area contributed by atoms with Gasteiger partial charge in [-0.1, -0.05) is 45.6 Å². The minimum absolute atomic E-state index is 0.360. The van der Waals surface area contributed by atoms with Gasteiger partial charge in [0.1, 0.15) is 0 Å². The molecule has 0 saturated heterocycles. The van der Waals surface area contributed by atoms with Gasteiger partial charge in [0.2, 0.25) is 6.79 Å². The highest BCUT2D eigenvalue weighted by molar-refractivity contribution is 5.43. The number of rotatable bonds is 3. The van der Waals surface area contributed by atoms with Gasteiger partial charge in [-0.15, -0.1) is 0 Å². The van der Waals surface area contributed by atoms with E-state index in [-0.39, 0.29) is 0 Å². The Morgan fingerprint density at radius 3 is 2.25 bits per heavy atom. The van der Waals surface area contributed by atoms with Gasteiger partial charge in [0, 0.05) is 0 Å². The fourth-order valence-electron chi connectivity index (χ4n) is 1.50. The van der Waals surface area contributed by atoms with Crippen molar-refractivity contribution in [2.45, 2.75) is 46.5 Å². The first kappa shape index (κ1) is 12.9. The van der Waals surface area contributed by atoms with Crippen LogP contribution in [0.2, 0.25) is 0 Å². The van der Waals surface area contributed by atoms with Gasteiger partial charge in [0.15, 0.2) is 11.5 Å². The number of fused-ring (bicyclic) bond motifs is 1. The van der Waals surface area contributed by atoms with E-state index in [1.54, 1.807) is 0 Å². The van der Waals surface area contributed by atoms with E-state index < -0.39 is 0 Å². The molecule has 0 unspecified atom stereocenters. The quantitative estimate of drug-likeness (QED) is 0.709. The van der Waals surface area contributed by atoms with Crippen LogP contribution in [0.15, 0.2) is 18.2 Å². The maximum Gasteiger partial charge on any atom is 0.231 e. The molecule has 0 atom stereocenters. The van der Waals surface area contributed by atoms with Crippen LogP contribution in [-0.4, -0.2) is 6.79 Å². The lowest BCUT2D eigenvalue weighted by Crippen LogP contribution is -1.92. The van der Waals surface area contributed by atoms with Gasteiger partial charge in [-0.3, -0.25) is 0 Å². The Morgan fingerprint density at radius 2 is 1.62 bits per heavy atom. The first-order chi connectivity index (χ1) is 7.77. The van der Waals surface area contributed by atoms with E-state index in [4.69, 9.17) is 9.47 Å². The molecule has 1 aliphatic rings. The molecule has 0 fully saturated rings. The number of benzene rings is 1. The molecule has 0 spiro atoms. The second-order valence-electron chi connectivity index (χ2n) is 4.06. The van der Waals surface area contributed by atoms with Gasteiger partial charge >= 0.3 is 0 Å². The Balaban J connectivity index is 0.000000187. The van der Waals surface area contributed by atoms with Crippen molar-refractivity contribution in [2.75, 3.05) is 6.79 Å². The molecule has 1 aromatic rings. The van der Waals surface area contributed by atoms with Gasteiger partial charge < -0.3 is 9.47 Å². The maximum atomic E-state index is 5.16. The third-order valence-corrected chi connectivity index (χ3v) is 2.49. The van der Waals surface area contributed by atoms with Gasteiger partial charge in [-0.2, -0.15) is 0 Å². The molecule has 1 aromatic carbocycles. The topological polar surface area (TPSA) is 18.5 Å². The van der Waals surface area contributed by atoms with Crippen molar-refractivity contribution >= 4 is 0 Å². The van der Waals surface area contributed by atoms with Crippen molar-refractivity contribution in [3.8, 4) is 11.5 Å². The summed E-state index contributed by atoms with van der Waals surface area (Å²) in [6, 6.07) is 5.91. The van der Waals surface area contributed by atoms with Crippen molar-refractivity contribution < 1.29 is 9.47 Å². The van der Waals surface area contributed by atoms with Crippen molar-refractivity contribution in [1.82, 2.24) is 0 Å². The Bertz CT molecular complexity index is 304. The van der Waals surface area contributed by atoms with E-state index >= 15 is 0 Å². The number of hydrogen-bond donors (Lipinski definition) is 0. The number of ether oxygens (including phenoxy) is 2. The van der Waals surface area contributed by atoms with Crippen LogP contribution in [0.5, 0.6) is 11.5 Å².